The van der Waals surface area contributed by atoms with Gasteiger partial charge in [-0.2, -0.15) is 0 Å². The van der Waals surface area contributed by atoms with E-state index >= 15 is 0 Å². The van der Waals surface area contributed by atoms with Gasteiger partial charge in [-0.1, -0.05) is 5.21 Å². The van der Waals surface area contributed by atoms with Gasteiger partial charge in [0.2, 0.25) is 0 Å². The molecule has 0 saturated heterocycles. The van der Waals surface area contributed by atoms with Gasteiger partial charge in [0.1, 0.15) is 5.92 Å². The van der Waals surface area contributed by atoms with Crippen LogP contribution in [-0.4, -0.2) is 26.1 Å². The smallest absolute Gasteiger partial charge is 0.312 e. The molecule has 2 rings (SSSR count). The fourth-order valence-electron chi connectivity index (χ4n) is 2.10. The quantitative estimate of drug-likeness (QED) is 0.798. The Balaban J connectivity index is 2.47. The summed E-state index contributed by atoms with van der Waals surface area (Å²) in [5.74, 6) is -1.19. The Kier molecular flexibility index (Phi) is 2.46. The van der Waals surface area contributed by atoms with Gasteiger partial charge in [-0.25, -0.2) is 4.68 Å². The predicted octanol–water partition coefficient (Wildman–Crippen LogP) is 1.36. The number of rotatable bonds is 2. The molecule has 1 aliphatic rings. The molecule has 0 aliphatic heterocycles. The van der Waals surface area contributed by atoms with E-state index in [1.54, 1.807) is 4.68 Å². The van der Waals surface area contributed by atoms with Crippen LogP contribution in [0, 0.1) is 0 Å². The molecular weight excluding hydrogens is 194 g/mol. The second-order valence-corrected chi connectivity index (χ2v) is 4.24. The molecule has 5 heteroatoms. The van der Waals surface area contributed by atoms with Gasteiger partial charge < -0.3 is 5.11 Å². The van der Waals surface area contributed by atoms with Crippen molar-refractivity contribution in [2.75, 3.05) is 0 Å². The van der Waals surface area contributed by atoms with Crippen LogP contribution in [0.1, 0.15) is 50.0 Å². The molecule has 1 N–H and O–H groups in total. The predicted molar refractivity (Wildman–Crippen MR) is 53.7 cm³/mol. The molecule has 0 aromatic carbocycles. The number of nitrogens with zero attached hydrogens (tertiary/aromatic N) is 3. The number of hydrogen-bond acceptors (Lipinski definition) is 3. The van der Waals surface area contributed by atoms with Crippen LogP contribution in [0.5, 0.6) is 0 Å². The van der Waals surface area contributed by atoms with Crippen LogP contribution in [-0.2, 0) is 11.2 Å². The van der Waals surface area contributed by atoms with Crippen molar-refractivity contribution in [2.24, 2.45) is 0 Å². The number of fused-ring (bicyclic) bond motifs is 1. The van der Waals surface area contributed by atoms with Gasteiger partial charge in [-0.05, 0) is 33.1 Å². The summed E-state index contributed by atoms with van der Waals surface area (Å²) in [5.41, 5.74) is 1.67. The highest BCUT2D eigenvalue weighted by molar-refractivity contribution is 5.76. The van der Waals surface area contributed by atoms with Crippen molar-refractivity contribution in [3.8, 4) is 0 Å². The Morgan fingerprint density at radius 2 is 2.33 bits per heavy atom. The standard InChI is InChI=1S/C10H15N3O2/c1-6(2)13-9-7(10(14)15)4-3-5-8(9)11-12-13/h6-7H,3-5H2,1-2H3,(H,14,15). The number of hydrogen-bond donors (Lipinski definition) is 1. The second kappa shape index (κ2) is 3.64. The van der Waals surface area contributed by atoms with Crippen molar-refractivity contribution in [3.63, 3.8) is 0 Å². The zero-order chi connectivity index (χ0) is 11.0. The summed E-state index contributed by atoms with van der Waals surface area (Å²) in [6.07, 6.45) is 2.44. The minimum absolute atomic E-state index is 0.168. The third kappa shape index (κ3) is 1.62. The van der Waals surface area contributed by atoms with E-state index in [9.17, 15) is 4.79 Å². The summed E-state index contributed by atoms with van der Waals surface area (Å²) in [5, 5.41) is 17.2. The summed E-state index contributed by atoms with van der Waals surface area (Å²) in [4.78, 5) is 11.1. The normalized spacial score (nSPS) is 20.3. The van der Waals surface area contributed by atoms with E-state index in [4.69, 9.17) is 5.11 Å². The molecule has 0 amide bonds. The first-order valence-corrected chi connectivity index (χ1v) is 5.28. The molecule has 1 aromatic rings. The molecule has 0 radical (unpaired) electrons. The Morgan fingerprint density at radius 3 is 2.93 bits per heavy atom. The molecular formula is C10H15N3O2. The average molecular weight is 209 g/mol. The molecule has 0 bridgehead atoms. The van der Waals surface area contributed by atoms with Crippen molar-refractivity contribution in [2.45, 2.75) is 45.1 Å². The minimum Gasteiger partial charge on any atom is -0.481 e. The molecule has 1 aromatic heterocycles. The first kappa shape index (κ1) is 10.1. The highest BCUT2D eigenvalue weighted by Gasteiger charge is 2.32. The van der Waals surface area contributed by atoms with Crippen molar-refractivity contribution in [1.29, 1.82) is 0 Å². The lowest BCUT2D eigenvalue weighted by molar-refractivity contribution is -0.139. The van der Waals surface area contributed by atoms with E-state index < -0.39 is 11.9 Å². The van der Waals surface area contributed by atoms with E-state index in [-0.39, 0.29) is 6.04 Å². The van der Waals surface area contributed by atoms with Gasteiger partial charge in [0.25, 0.3) is 0 Å². The molecule has 5 nitrogen and oxygen atoms in total. The Morgan fingerprint density at radius 1 is 1.60 bits per heavy atom. The largest absolute Gasteiger partial charge is 0.481 e. The van der Waals surface area contributed by atoms with Crippen LogP contribution in [0.4, 0.5) is 0 Å². The number of aryl methyl sites for hydroxylation is 1. The van der Waals surface area contributed by atoms with Gasteiger partial charge in [0.05, 0.1) is 11.4 Å². The second-order valence-electron chi connectivity index (χ2n) is 4.24. The van der Waals surface area contributed by atoms with E-state index in [1.807, 2.05) is 13.8 Å². The van der Waals surface area contributed by atoms with Crippen LogP contribution in [0.15, 0.2) is 0 Å². The Hall–Kier alpha value is -1.39. The van der Waals surface area contributed by atoms with Crippen molar-refractivity contribution in [1.82, 2.24) is 15.0 Å². The SMILES string of the molecule is CC(C)n1nnc2c1C(C(=O)O)CCC2. The number of aromatic nitrogens is 3. The summed E-state index contributed by atoms with van der Waals surface area (Å²) in [7, 11) is 0. The van der Waals surface area contributed by atoms with E-state index in [0.29, 0.717) is 6.42 Å². The molecule has 15 heavy (non-hydrogen) atoms. The molecule has 1 unspecified atom stereocenters. The maximum atomic E-state index is 11.1. The van der Waals surface area contributed by atoms with Gasteiger partial charge in [0, 0.05) is 6.04 Å². The van der Waals surface area contributed by atoms with Crippen LogP contribution < -0.4 is 0 Å². The van der Waals surface area contributed by atoms with Crippen LogP contribution in [0.3, 0.4) is 0 Å². The zero-order valence-electron chi connectivity index (χ0n) is 8.97. The molecule has 1 aliphatic carbocycles. The van der Waals surface area contributed by atoms with Crippen molar-refractivity contribution < 1.29 is 9.90 Å². The van der Waals surface area contributed by atoms with Gasteiger partial charge in [0.15, 0.2) is 0 Å². The van der Waals surface area contributed by atoms with Crippen LogP contribution in [0.2, 0.25) is 0 Å². The van der Waals surface area contributed by atoms with Crippen LogP contribution in [0.25, 0.3) is 0 Å². The molecule has 1 heterocycles. The van der Waals surface area contributed by atoms with E-state index in [2.05, 4.69) is 10.3 Å². The highest BCUT2D eigenvalue weighted by Crippen LogP contribution is 2.31. The first-order chi connectivity index (χ1) is 7.11. The molecule has 0 spiro atoms. The van der Waals surface area contributed by atoms with Crippen molar-refractivity contribution in [3.05, 3.63) is 11.4 Å². The lowest BCUT2D eigenvalue weighted by Crippen LogP contribution is -2.22. The maximum absolute atomic E-state index is 11.1. The summed E-state index contributed by atoms with van der Waals surface area (Å²) >= 11 is 0. The van der Waals surface area contributed by atoms with Gasteiger partial charge in [-0.15, -0.1) is 5.10 Å². The van der Waals surface area contributed by atoms with Crippen LogP contribution >= 0.6 is 0 Å². The monoisotopic (exact) mass is 209 g/mol. The fourth-order valence-corrected chi connectivity index (χ4v) is 2.10. The third-order valence-electron chi connectivity index (χ3n) is 2.83. The molecule has 1 atom stereocenters. The Labute approximate surface area is 88.1 Å². The molecule has 0 fully saturated rings. The molecule has 82 valence electrons. The zero-order valence-corrected chi connectivity index (χ0v) is 8.97. The lowest BCUT2D eigenvalue weighted by Gasteiger charge is -2.20. The number of carboxylic acid groups (broad SMARTS) is 1. The van der Waals surface area contributed by atoms with Crippen molar-refractivity contribution >= 4 is 5.97 Å². The summed E-state index contributed by atoms with van der Waals surface area (Å²) in [6, 6.07) is 0.168. The lowest BCUT2D eigenvalue weighted by atomic mass is 9.89. The maximum Gasteiger partial charge on any atom is 0.312 e. The third-order valence-corrected chi connectivity index (χ3v) is 2.83. The van der Waals surface area contributed by atoms with E-state index in [1.165, 1.54) is 0 Å². The highest BCUT2D eigenvalue weighted by atomic mass is 16.4. The molecule has 0 saturated carbocycles. The number of aliphatic carboxylic acids is 1. The first-order valence-electron chi connectivity index (χ1n) is 5.28. The summed E-state index contributed by atoms with van der Waals surface area (Å²) in [6.45, 7) is 3.98. The Bertz CT molecular complexity index is 384. The summed E-state index contributed by atoms with van der Waals surface area (Å²) < 4.78 is 1.74. The fraction of sp³-hybridized carbons (Fsp3) is 0.700. The average Bonchev–Trinajstić information content (AvgIpc) is 2.60. The van der Waals surface area contributed by atoms with Gasteiger partial charge in [-0.3, -0.25) is 4.79 Å². The topological polar surface area (TPSA) is 68.0 Å². The number of carboxylic acids is 1. The van der Waals surface area contributed by atoms with Gasteiger partial charge >= 0.3 is 5.97 Å². The minimum atomic E-state index is -0.764. The number of carbonyl (C=O) groups is 1. The van der Waals surface area contributed by atoms with E-state index in [0.717, 1.165) is 24.2 Å².